The molecular formula is C18H27N3O. The molecule has 2 saturated heterocycles. The van der Waals surface area contributed by atoms with Crippen molar-refractivity contribution in [3.63, 3.8) is 0 Å². The zero-order chi connectivity index (χ0) is 15.7. The minimum atomic E-state index is -0.569. The van der Waals surface area contributed by atoms with Gasteiger partial charge in [0.1, 0.15) is 6.04 Å². The van der Waals surface area contributed by atoms with E-state index in [0.29, 0.717) is 12.1 Å². The maximum absolute atomic E-state index is 12.4. The second-order valence-corrected chi connectivity index (χ2v) is 6.97. The average molecular weight is 301 g/mol. The topological polar surface area (TPSA) is 58.4 Å². The van der Waals surface area contributed by atoms with Crippen LogP contribution in [0.15, 0.2) is 24.3 Å². The highest BCUT2D eigenvalue weighted by atomic mass is 16.2. The second kappa shape index (κ2) is 6.39. The van der Waals surface area contributed by atoms with E-state index in [1.165, 1.54) is 24.8 Å². The number of hydrogen-bond acceptors (Lipinski definition) is 3. The predicted octanol–water partition coefficient (Wildman–Crippen LogP) is 2.13. The van der Waals surface area contributed by atoms with Gasteiger partial charge >= 0.3 is 0 Å². The van der Waals surface area contributed by atoms with Crippen molar-refractivity contribution in [1.82, 2.24) is 10.2 Å². The van der Waals surface area contributed by atoms with Gasteiger partial charge in [0.25, 0.3) is 0 Å². The molecule has 2 aliphatic heterocycles. The first-order valence-electron chi connectivity index (χ1n) is 8.39. The summed E-state index contributed by atoms with van der Waals surface area (Å²) in [5, 5.41) is 3.19. The normalized spacial score (nSPS) is 29.9. The van der Waals surface area contributed by atoms with Crippen LogP contribution in [0.3, 0.4) is 0 Å². The summed E-state index contributed by atoms with van der Waals surface area (Å²) in [5.41, 5.74) is 8.19. The molecule has 3 N–H and O–H groups in total. The number of fused-ring (bicyclic) bond motifs is 2. The van der Waals surface area contributed by atoms with Crippen molar-refractivity contribution in [1.29, 1.82) is 0 Å². The number of amides is 1. The van der Waals surface area contributed by atoms with Crippen LogP contribution in [0.25, 0.3) is 0 Å². The molecule has 3 rings (SSSR count). The molecule has 0 spiro atoms. The number of carbonyl (C=O) groups is 1. The molecule has 2 heterocycles. The Balaban J connectivity index is 1.61. The molecule has 3 unspecified atom stereocenters. The van der Waals surface area contributed by atoms with E-state index in [1.54, 1.807) is 0 Å². The van der Waals surface area contributed by atoms with Gasteiger partial charge in [-0.15, -0.1) is 0 Å². The summed E-state index contributed by atoms with van der Waals surface area (Å²) >= 11 is 0. The zero-order valence-electron chi connectivity index (χ0n) is 13.6. The fourth-order valence-electron chi connectivity index (χ4n) is 3.95. The highest BCUT2D eigenvalue weighted by Crippen LogP contribution is 2.32. The third-order valence-electron chi connectivity index (χ3n) is 5.41. The van der Waals surface area contributed by atoms with Crippen LogP contribution >= 0.6 is 0 Å². The summed E-state index contributed by atoms with van der Waals surface area (Å²) in [6.45, 7) is 2.03. The van der Waals surface area contributed by atoms with Crippen LogP contribution in [0.4, 0.5) is 0 Å². The Kier molecular flexibility index (Phi) is 4.50. The lowest BCUT2D eigenvalue weighted by molar-refractivity contribution is -0.124. The van der Waals surface area contributed by atoms with Gasteiger partial charge in [-0.3, -0.25) is 4.79 Å². The molecule has 0 saturated carbocycles. The van der Waals surface area contributed by atoms with E-state index in [4.69, 9.17) is 5.73 Å². The maximum atomic E-state index is 12.4. The van der Waals surface area contributed by atoms with Crippen LogP contribution in [-0.2, 0) is 4.79 Å². The summed E-state index contributed by atoms with van der Waals surface area (Å²) in [5.74, 6) is -0.0449. The van der Waals surface area contributed by atoms with Crippen LogP contribution in [0, 0.1) is 6.92 Å². The van der Waals surface area contributed by atoms with Crippen molar-refractivity contribution in [2.24, 2.45) is 5.73 Å². The molecule has 3 atom stereocenters. The van der Waals surface area contributed by atoms with Crippen LogP contribution < -0.4 is 11.1 Å². The Bertz CT molecular complexity index is 514. The third kappa shape index (κ3) is 3.18. The van der Waals surface area contributed by atoms with Gasteiger partial charge in [-0.1, -0.05) is 36.2 Å². The fourth-order valence-corrected chi connectivity index (χ4v) is 3.95. The molecular weight excluding hydrogens is 274 g/mol. The van der Waals surface area contributed by atoms with Gasteiger partial charge in [0.2, 0.25) is 5.91 Å². The summed E-state index contributed by atoms with van der Waals surface area (Å²) in [6, 6.07) is 8.84. The lowest BCUT2D eigenvalue weighted by atomic mass is 9.82. The van der Waals surface area contributed by atoms with E-state index in [2.05, 4.69) is 17.3 Å². The van der Waals surface area contributed by atoms with E-state index < -0.39 is 6.04 Å². The Morgan fingerprint density at radius 3 is 2.41 bits per heavy atom. The van der Waals surface area contributed by atoms with E-state index in [9.17, 15) is 4.79 Å². The Morgan fingerprint density at radius 1 is 1.23 bits per heavy atom. The minimum absolute atomic E-state index is 0.0449. The van der Waals surface area contributed by atoms with E-state index in [0.717, 1.165) is 18.4 Å². The van der Waals surface area contributed by atoms with Crippen LogP contribution in [0.2, 0.25) is 0 Å². The van der Waals surface area contributed by atoms with Crippen molar-refractivity contribution in [2.45, 2.75) is 63.2 Å². The van der Waals surface area contributed by atoms with E-state index in [-0.39, 0.29) is 11.9 Å². The Morgan fingerprint density at radius 2 is 1.82 bits per heavy atom. The molecule has 2 bridgehead atoms. The highest BCUT2D eigenvalue weighted by Gasteiger charge is 2.36. The minimum Gasteiger partial charge on any atom is -0.352 e. The second-order valence-electron chi connectivity index (χ2n) is 6.97. The molecule has 1 aromatic carbocycles. The first kappa shape index (κ1) is 15.5. The molecule has 22 heavy (non-hydrogen) atoms. The van der Waals surface area contributed by atoms with Gasteiger partial charge in [-0.2, -0.15) is 0 Å². The predicted molar refractivity (Wildman–Crippen MR) is 88.5 cm³/mol. The Labute approximate surface area is 133 Å². The number of nitrogens with two attached hydrogens (primary N) is 1. The first-order valence-corrected chi connectivity index (χ1v) is 8.39. The largest absolute Gasteiger partial charge is 0.352 e. The number of rotatable bonds is 3. The van der Waals surface area contributed by atoms with Gasteiger partial charge in [-0.25, -0.2) is 0 Å². The first-order chi connectivity index (χ1) is 10.5. The zero-order valence-corrected chi connectivity index (χ0v) is 13.6. The summed E-state index contributed by atoms with van der Waals surface area (Å²) in [7, 11) is 2.23. The van der Waals surface area contributed by atoms with Crippen LogP contribution in [0.5, 0.6) is 0 Å². The lowest BCUT2D eigenvalue weighted by Gasteiger charge is -2.47. The number of benzene rings is 1. The summed E-state index contributed by atoms with van der Waals surface area (Å²) < 4.78 is 0. The average Bonchev–Trinajstić information content (AvgIpc) is 2.48. The van der Waals surface area contributed by atoms with Crippen molar-refractivity contribution < 1.29 is 4.79 Å². The molecule has 0 aromatic heterocycles. The number of piperidine rings is 2. The fraction of sp³-hybridized carbons (Fsp3) is 0.611. The van der Waals surface area contributed by atoms with Crippen LogP contribution in [-0.4, -0.2) is 36.0 Å². The molecule has 2 aliphatic rings. The number of aryl methyl sites for hydroxylation is 1. The number of nitrogens with one attached hydrogen (secondary N) is 1. The van der Waals surface area contributed by atoms with E-state index >= 15 is 0 Å². The van der Waals surface area contributed by atoms with Crippen LogP contribution in [0.1, 0.15) is 49.3 Å². The lowest BCUT2D eigenvalue weighted by Crippen LogP contribution is -2.56. The van der Waals surface area contributed by atoms with Crippen molar-refractivity contribution in [3.05, 3.63) is 35.4 Å². The van der Waals surface area contributed by atoms with Crippen molar-refractivity contribution in [2.75, 3.05) is 7.05 Å². The summed E-state index contributed by atoms with van der Waals surface area (Å²) in [6.07, 6.45) is 5.94. The van der Waals surface area contributed by atoms with Gasteiger partial charge < -0.3 is 16.0 Å². The van der Waals surface area contributed by atoms with Gasteiger partial charge in [0.15, 0.2) is 0 Å². The quantitative estimate of drug-likeness (QED) is 0.899. The molecule has 120 valence electrons. The molecule has 1 aromatic rings. The van der Waals surface area contributed by atoms with Crippen molar-refractivity contribution >= 4 is 5.91 Å². The summed E-state index contributed by atoms with van der Waals surface area (Å²) in [4.78, 5) is 15.0. The molecule has 0 radical (unpaired) electrons. The van der Waals surface area contributed by atoms with Crippen molar-refractivity contribution in [3.8, 4) is 0 Å². The number of carbonyl (C=O) groups excluding carboxylic acids is 1. The van der Waals surface area contributed by atoms with Gasteiger partial charge in [-0.05, 0) is 45.2 Å². The molecule has 0 aliphatic carbocycles. The standard InChI is InChI=1S/C18H27N3O/c1-12-6-8-13(9-7-12)17(19)18(22)20-14-10-15-4-3-5-16(11-14)21(15)2/h6-9,14-17H,3-5,10-11,19H2,1-2H3,(H,20,22). The third-order valence-corrected chi connectivity index (χ3v) is 5.41. The molecule has 2 fully saturated rings. The van der Waals surface area contributed by atoms with E-state index in [1.807, 2.05) is 31.2 Å². The Hall–Kier alpha value is -1.39. The SMILES string of the molecule is Cc1ccc(C(N)C(=O)NC2CC3CCCC(C2)N3C)cc1. The molecule has 1 amide bonds. The monoisotopic (exact) mass is 301 g/mol. The maximum Gasteiger partial charge on any atom is 0.241 e. The molecule has 4 heteroatoms. The smallest absolute Gasteiger partial charge is 0.241 e. The number of nitrogens with zero attached hydrogens (tertiary/aromatic N) is 1. The number of hydrogen-bond donors (Lipinski definition) is 2. The van der Waals surface area contributed by atoms with Gasteiger partial charge in [0, 0.05) is 18.1 Å². The van der Waals surface area contributed by atoms with Gasteiger partial charge in [0.05, 0.1) is 0 Å². The molecule has 4 nitrogen and oxygen atoms in total. The highest BCUT2D eigenvalue weighted by molar-refractivity contribution is 5.83.